The van der Waals surface area contributed by atoms with Gasteiger partial charge in [0.1, 0.15) is 18.1 Å². The highest BCUT2D eigenvalue weighted by atomic mass is 19.1. The van der Waals surface area contributed by atoms with E-state index >= 15 is 0 Å². The molecule has 0 radical (unpaired) electrons. The number of ether oxygens (including phenoxy) is 2. The van der Waals surface area contributed by atoms with Crippen LogP contribution in [0.5, 0.6) is 11.5 Å². The number of amides is 2. The second-order valence-electron chi connectivity index (χ2n) is 6.08. The second-order valence-corrected chi connectivity index (χ2v) is 6.08. The maximum absolute atomic E-state index is 13.6. The lowest BCUT2D eigenvalue weighted by Gasteiger charge is -2.18. The largest absolute Gasteiger partial charge is 0.496 e. The van der Waals surface area contributed by atoms with Gasteiger partial charge < -0.3 is 20.5 Å². The van der Waals surface area contributed by atoms with Gasteiger partial charge >= 0.3 is 0 Å². The maximum atomic E-state index is 13.6. The van der Waals surface area contributed by atoms with E-state index in [2.05, 4.69) is 5.32 Å². The number of halogens is 1. The van der Waals surface area contributed by atoms with Crippen molar-refractivity contribution in [1.82, 2.24) is 5.32 Å². The van der Waals surface area contributed by atoms with Gasteiger partial charge in [-0.15, -0.1) is 0 Å². The van der Waals surface area contributed by atoms with E-state index in [1.54, 1.807) is 31.2 Å². The van der Waals surface area contributed by atoms with Crippen LogP contribution in [-0.4, -0.2) is 37.7 Å². The summed E-state index contributed by atoms with van der Waals surface area (Å²) in [5, 5.41) is 4.09. The van der Waals surface area contributed by atoms with E-state index < -0.39 is 29.9 Å². The number of nitrogens with one attached hydrogen (secondary N) is 1. The molecule has 1 aliphatic heterocycles. The number of carbonyl (C=O) groups excluding carboxylic acids is 2. The number of hydrogen-bond donors (Lipinski definition) is 2. The number of hydrogen-bond acceptors (Lipinski definition) is 4. The van der Waals surface area contributed by atoms with Crippen molar-refractivity contribution in [2.45, 2.75) is 19.1 Å². The summed E-state index contributed by atoms with van der Waals surface area (Å²) in [6.45, 7) is 1.81. The normalized spacial score (nSPS) is 22.7. The first-order chi connectivity index (χ1) is 11.9. The average molecular weight is 346 g/mol. The van der Waals surface area contributed by atoms with E-state index in [1.807, 2.05) is 6.07 Å². The van der Waals surface area contributed by atoms with Crippen LogP contribution in [0.4, 0.5) is 4.39 Å². The summed E-state index contributed by atoms with van der Waals surface area (Å²) < 4.78 is 24.7. The van der Waals surface area contributed by atoms with Gasteiger partial charge in [0.05, 0.1) is 18.7 Å². The predicted octanol–water partition coefficient (Wildman–Crippen LogP) is 1.80. The van der Waals surface area contributed by atoms with Crippen molar-refractivity contribution < 1.29 is 23.5 Å². The molecule has 0 aliphatic carbocycles. The Morgan fingerprint density at radius 1 is 1.32 bits per heavy atom. The van der Waals surface area contributed by atoms with E-state index in [0.29, 0.717) is 11.5 Å². The zero-order valence-electron chi connectivity index (χ0n) is 13.9. The van der Waals surface area contributed by atoms with Gasteiger partial charge in [-0.2, -0.15) is 0 Å². The van der Waals surface area contributed by atoms with Crippen LogP contribution < -0.4 is 20.5 Å². The summed E-state index contributed by atoms with van der Waals surface area (Å²) in [5.74, 6) is -0.746. The third-order valence-electron chi connectivity index (χ3n) is 4.52. The van der Waals surface area contributed by atoms with Crippen LogP contribution in [0.3, 0.4) is 0 Å². The number of fused-ring (bicyclic) bond motifs is 1. The van der Waals surface area contributed by atoms with Crippen LogP contribution in [-0.2, 0) is 4.79 Å². The minimum Gasteiger partial charge on any atom is -0.496 e. The van der Waals surface area contributed by atoms with Gasteiger partial charge in [0.15, 0.2) is 6.17 Å². The lowest BCUT2D eigenvalue weighted by molar-refractivity contribution is -0.123. The number of methoxy groups -OCH3 is 1. The monoisotopic (exact) mass is 346 g/mol. The molecule has 3 rings (SSSR count). The molecule has 1 aliphatic rings. The zero-order valence-corrected chi connectivity index (χ0v) is 13.9. The molecule has 0 bridgehead atoms. The molecule has 1 saturated heterocycles. The first-order valence-electron chi connectivity index (χ1n) is 7.90. The summed E-state index contributed by atoms with van der Waals surface area (Å²) in [6, 6.07) is 8.29. The van der Waals surface area contributed by atoms with E-state index in [0.717, 1.165) is 10.8 Å². The van der Waals surface area contributed by atoms with Crippen LogP contribution in [0.25, 0.3) is 10.8 Å². The van der Waals surface area contributed by atoms with Crippen molar-refractivity contribution >= 4 is 22.6 Å². The topological polar surface area (TPSA) is 90.7 Å². The predicted molar refractivity (Wildman–Crippen MR) is 90.5 cm³/mol. The highest BCUT2D eigenvalue weighted by Crippen LogP contribution is 2.32. The lowest BCUT2D eigenvalue weighted by atomic mass is 10.0. The number of rotatable bonds is 5. The SMILES string of the molecule is COc1cc2c(OCC3NC(=O)C(F)C3C)cccc2cc1C(N)=O. The second kappa shape index (κ2) is 6.58. The highest BCUT2D eigenvalue weighted by Gasteiger charge is 2.39. The van der Waals surface area contributed by atoms with Crippen molar-refractivity contribution in [2.24, 2.45) is 11.7 Å². The Hall–Kier alpha value is -2.83. The van der Waals surface area contributed by atoms with E-state index in [9.17, 15) is 14.0 Å². The molecule has 3 N–H and O–H groups in total. The fourth-order valence-corrected chi connectivity index (χ4v) is 2.97. The molecule has 2 amide bonds. The Morgan fingerprint density at radius 2 is 2.08 bits per heavy atom. The first kappa shape index (κ1) is 17.0. The quantitative estimate of drug-likeness (QED) is 0.864. The van der Waals surface area contributed by atoms with Gasteiger partial charge in [0, 0.05) is 11.3 Å². The molecule has 2 aromatic rings. The molecule has 25 heavy (non-hydrogen) atoms. The minimum atomic E-state index is -1.51. The van der Waals surface area contributed by atoms with Gasteiger partial charge in [-0.1, -0.05) is 19.1 Å². The summed E-state index contributed by atoms with van der Waals surface area (Å²) in [5.41, 5.74) is 5.66. The Balaban J connectivity index is 1.89. The summed E-state index contributed by atoms with van der Waals surface area (Å²) in [4.78, 5) is 22.9. The Kier molecular flexibility index (Phi) is 4.48. The Morgan fingerprint density at radius 3 is 2.68 bits per heavy atom. The molecule has 0 spiro atoms. The third kappa shape index (κ3) is 3.09. The number of nitrogens with two attached hydrogens (primary N) is 1. The molecule has 0 aromatic heterocycles. The zero-order chi connectivity index (χ0) is 18.1. The van der Waals surface area contributed by atoms with Gasteiger partial charge in [-0.25, -0.2) is 4.39 Å². The summed E-state index contributed by atoms with van der Waals surface area (Å²) in [7, 11) is 1.45. The number of primary amides is 1. The van der Waals surface area contributed by atoms with Crippen LogP contribution in [0.15, 0.2) is 30.3 Å². The van der Waals surface area contributed by atoms with Crippen LogP contribution in [0, 0.1) is 5.92 Å². The van der Waals surface area contributed by atoms with Crippen molar-refractivity contribution in [2.75, 3.05) is 13.7 Å². The van der Waals surface area contributed by atoms with Crippen molar-refractivity contribution in [3.63, 3.8) is 0 Å². The smallest absolute Gasteiger partial charge is 0.255 e. The standard InChI is InChI=1S/C18H19FN2O4/c1-9-13(21-18(23)16(9)19)8-25-14-5-3-4-10-6-12(17(20)22)15(24-2)7-11(10)14/h3-7,9,13,16H,8H2,1-2H3,(H2,20,22)(H,21,23). The van der Waals surface area contributed by atoms with E-state index in [1.165, 1.54) is 7.11 Å². The molecule has 1 heterocycles. The van der Waals surface area contributed by atoms with Crippen molar-refractivity contribution in [3.05, 3.63) is 35.9 Å². The Labute approximate surface area is 144 Å². The Bertz CT molecular complexity index is 839. The van der Waals surface area contributed by atoms with Crippen LogP contribution >= 0.6 is 0 Å². The first-order valence-corrected chi connectivity index (χ1v) is 7.90. The molecule has 3 unspecified atom stereocenters. The average Bonchev–Trinajstić information content (AvgIpc) is 2.85. The molecule has 6 nitrogen and oxygen atoms in total. The molecule has 1 fully saturated rings. The number of carbonyl (C=O) groups is 2. The van der Waals surface area contributed by atoms with E-state index in [4.69, 9.17) is 15.2 Å². The number of alkyl halides is 1. The van der Waals surface area contributed by atoms with Crippen LogP contribution in [0.2, 0.25) is 0 Å². The van der Waals surface area contributed by atoms with Gasteiger partial charge in [0.25, 0.3) is 11.8 Å². The number of benzene rings is 2. The molecule has 3 atom stereocenters. The van der Waals surface area contributed by atoms with Gasteiger partial charge in [-0.05, 0) is 23.6 Å². The van der Waals surface area contributed by atoms with Crippen molar-refractivity contribution in [3.8, 4) is 11.5 Å². The van der Waals surface area contributed by atoms with E-state index in [-0.39, 0.29) is 12.2 Å². The molecule has 7 heteroatoms. The molecule has 0 saturated carbocycles. The van der Waals surface area contributed by atoms with Crippen LogP contribution in [0.1, 0.15) is 17.3 Å². The lowest BCUT2D eigenvalue weighted by Crippen LogP contribution is -2.34. The maximum Gasteiger partial charge on any atom is 0.255 e. The van der Waals surface area contributed by atoms with Gasteiger partial charge in [0.2, 0.25) is 0 Å². The molecular formula is C18H19FN2O4. The fourth-order valence-electron chi connectivity index (χ4n) is 2.97. The van der Waals surface area contributed by atoms with Crippen molar-refractivity contribution in [1.29, 1.82) is 0 Å². The summed E-state index contributed by atoms with van der Waals surface area (Å²) in [6.07, 6.45) is -1.51. The molecule has 132 valence electrons. The molecule has 2 aromatic carbocycles. The third-order valence-corrected chi connectivity index (χ3v) is 4.52. The molecular weight excluding hydrogens is 327 g/mol. The minimum absolute atomic E-state index is 0.145. The summed E-state index contributed by atoms with van der Waals surface area (Å²) >= 11 is 0. The fraction of sp³-hybridized carbons (Fsp3) is 0.333. The highest BCUT2D eigenvalue weighted by molar-refractivity contribution is 6.02. The van der Waals surface area contributed by atoms with Gasteiger partial charge in [-0.3, -0.25) is 9.59 Å².